The molecule has 0 aromatic heterocycles. The minimum Gasteiger partial charge on any atom is -0.300 e. The Bertz CT molecular complexity index is 355. The van der Waals surface area contributed by atoms with Crippen LogP contribution in [0.5, 0.6) is 0 Å². The average Bonchev–Trinajstić information content (AvgIpc) is 2.51. The molecular formula is C20H32O. The van der Waals surface area contributed by atoms with Crippen LogP contribution in [0.4, 0.5) is 0 Å². The second-order valence-corrected chi connectivity index (χ2v) is 6.10. The van der Waals surface area contributed by atoms with Crippen LogP contribution in [-0.4, -0.2) is 5.78 Å². The molecule has 0 unspecified atom stereocenters. The summed E-state index contributed by atoms with van der Waals surface area (Å²) >= 11 is 0. The minimum absolute atomic E-state index is 0.455. The molecule has 0 aliphatic heterocycles. The Morgan fingerprint density at radius 3 is 2.00 bits per heavy atom. The lowest BCUT2D eigenvalue weighted by molar-refractivity contribution is -0.119. The van der Waals surface area contributed by atoms with E-state index in [0.717, 1.165) is 32.1 Å². The molecule has 0 fully saturated rings. The van der Waals surface area contributed by atoms with Gasteiger partial charge in [0.1, 0.15) is 5.78 Å². The van der Waals surface area contributed by atoms with Crippen molar-refractivity contribution >= 4 is 5.78 Å². The van der Waals surface area contributed by atoms with Crippen molar-refractivity contribution in [1.29, 1.82) is 0 Å². The van der Waals surface area contributed by atoms with Crippen molar-refractivity contribution in [3.05, 3.63) is 35.9 Å². The third-order valence-corrected chi connectivity index (χ3v) is 4.07. The number of carbonyl (C=O) groups excluding carboxylic acids is 1. The molecule has 0 aliphatic rings. The summed E-state index contributed by atoms with van der Waals surface area (Å²) in [6.07, 6.45) is 14.0. The zero-order valence-electron chi connectivity index (χ0n) is 13.8. The fraction of sp³-hybridized carbons (Fsp3) is 0.650. The smallest absolute Gasteiger partial charge is 0.132 e. The van der Waals surface area contributed by atoms with Crippen molar-refractivity contribution in [3.63, 3.8) is 0 Å². The van der Waals surface area contributed by atoms with E-state index < -0.39 is 0 Å². The molecule has 0 saturated heterocycles. The van der Waals surface area contributed by atoms with Gasteiger partial charge in [-0.2, -0.15) is 0 Å². The van der Waals surface area contributed by atoms with E-state index in [4.69, 9.17) is 0 Å². The van der Waals surface area contributed by atoms with Gasteiger partial charge in [0.15, 0.2) is 0 Å². The number of aryl methyl sites for hydroxylation is 1. The SMILES string of the molecule is CCCCCCCCCCC(=O)CCCc1ccccc1. The summed E-state index contributed by atoms with van der Waals surface area (Å²) in [5, 5.41) is 0. The van der Waals surface area contributed by atoms with Gasteiger partial charge >= 0.3 is 0 Å². The van der Waals surface area contributed by atoms with E-state index in [0.29, 0.717) is 5.78 Å². The quantitative estimate of drug-likeness (QED) is 0.400. The van der Waals surface area contributed by atoms with E-state index >= 15 is 0 Å². The van der Waals surface area contributed by atoms with E-state index in [9.17, 15) is 4.79 Å². The molecule has 1 rings (SSSR count). The van der Waals surface area contributed by atoms with Gasteiger partial charge < -0.3 is 0 Å². The number of carbonyl (C=O) groups is 1. The van der Waals surface area contributed by atoms with Crippen LogP contribution in [0.15, 0.2) is 30.3 Å². The van der Waals surface area contributed by atoms with E-state index in [-0.39, 0.29) is 0 Å². The van der Waals surface area contributed by atoms with Gasteiger partial charge in [-0.1, -0.05) is 82.2 Å². The lowest BCUT2D eigenvalue weighted by atomic mass is 10.0. The topological polar surface area (TPSA) is 17.1 Å². The van der Waals surface area contributed by atoms with Gasteiger partial charge in [0.2, 0.25) is 0 Å². The molecule has 0 aliphatic carbocycles. The van der Waals surface area contributed by atoms with Gasteiger partial charge in [0, 0.05) is 12.8 Å². The van der Waals surface area contributed by atoms with Crippen LogP contribution in [0.2, 0.25) is 0 Å². The number of benzene rings is 1. The lowest BCUT2D eigenvalue weighted by Gasteiger charge is -2.03. The first-order valence-corrected chi connectivity index (χ1v) is 8.88. The zero-order valence-corrected chi connectivity index (χ0v) is 13.8. The van der Waals surface area contributed by atoms with Crippen molar-refractivity contribution < 1.29 is 4.79 Å². The van der Waals surface area contributed by atoms with Crippen molar-refractivity contribution in [3.8, 4) is 0 Å². The Morgan fingerprint density at radius 1 is 0.762 bits per heavy atom. The highest BCUT2D eigenvalue weighted by atomic mass is 16.1. The molecule has 1 aromatic rings. The van der Waals surface area contributed by atoms with Gasteiger partial charge in [0.25, 0.3) is 0 Å². The van der Waals surface area contributed by atoms with Gasteiger partial charge in [-0.05, 0) is 24.8 Å². The van der Waals surface area contributed by atoms with E-state index in [1.54, 1.807) is 0 Å². The molecule has 0 radical (unpaired) electrons. The number of Topliss-reactive ketones (excluding diaryl/α,β-unsaturated/α-hetero) is 1. The molecule has 1 heteroatoms. The summed E-state index contributed by atoms with van der Waals surface area (Å²) in [6.45, 7) is 2.25. The summed E-state index contributed by atoms with van der Waals surface area (Å²) in [4.78, 5) is 11.8. The second kappa shape index (κ2) is 12.6. The maximum atomic E-state index is 11.8. The third-order valence-electron chi connectivity index (χ3n) is 4.07. The molecule has 0 heterocycles. The standard InChI is InChI=1S/C20H32O/c1-2-3-4-5-6-7-8-12-17-20(21)18-13-16-19-14-10-9-11-15-19/h9-11,14-15H,2-8,12-13,16-18H2,1H3. The van der Waals surface area contributed by atoms with E-state index in [2.05, 4.69) is 31.2 Å². The Morgan fingerprint density at radius 2 is 1.33 bits per heavy atom. The summed E-state index contributed by atoms with van der Waals surface area (Å²) in [7, 11) is 0. The molecular weight excluding hydrogens is 256 g/mol. The maximum Gasteiger partial charge on any atom is 0.132 e. The lowest BCUT2D eigenvalue weighted by Crippen LogP contribution is -1.99. The number of rotatable bonds is 13. The van der Waals surface area contributed by atoms with Gasteiger partial charge in [0.05, 0.1) is 0 Å². The highest BCUT2D eigenvalue weighted by Gasteiger charge is 2.02. The van der Waals surface area contributed by atoms with Crippen LogP contribution in [0, 0.1) is 0 Å². The summed E-state index contributed by atoms with van der Waals surface area (Å²) in [5.74, 6) is 0.455. The first-order valence-electron chi connectivity index (χ1n) is 8.88. The number of hydrogen-bond acceptors (Lipinski definition) is 1. The fourth-order valence-corrected chi connectivity index (χ4v) is 2.72. The Hall–Kier alpha value is -1.11. The third kappa shape index (κ3) is 10.3. The largest absolute Gasteiger partial charge is 0.300 e. The molecule has 118 valence electrons. The van der Waals surface area contributed by atoms with Gasteiger partial charge in [-0.15, -0.1) is 0 Å². The summed E-state index contributed by atoms with van der Waals surface area (Å²) in [6, 6.07) is 10.5. The van der Waals surface area contributed by atoms with Crippen LogP contribution < -0.4 is 0 Å². The summed E-state index contributed by atoms with van der Waals surface area (Å²) < 4.78 is 0. The second-order valence-electron chi connectivity index (χ2n) is 6.10. The van der Waals surface area contributed by atoms with Gasteiger partial charge in [-0.3, -0.25) is 4.79 Å². The predicted molar refractivity (Wildman–Crippen MR) is 91.6 cm³/mol. The number of hydrogen-bond donors (Lipinski definition) is 0. The van der Waals surface area contributed by atoms with E-state index in [1.165, 1.54) is 50.5 Å². The van der Waals surface area contributed by atoms with Crippen LogP contribution in [0.25, 0.3) is 0 Å². The summed E-state index contributed by atoms with van der Waals surface area (Å²) in [5.41, 5.74) is 1.34. The van der Waals surface area contributed by atoms with Crippen LogP contribution >= 0.6 is 0 Å². The molecule has 0 spiro atoms. The molecule has 1 nitrogen and oxygen atoms in total. The van der Waals surface area contributed by atoms with Crippen molar-refractivity contribution in [2.45, 2.75) is 84.0 Å². The zero-order chi connectivity index (χ0) is 15.2. The molecule has 0 bridgehead atoms. The van der Waals surface area contributed by atoms with Gasteiger partial charge in [-0.25, -0.2) is 0 Å². The minimum atomic E-state index is 0.455. The monoisotopic (exact) mass is 288 g/mol. The predicted octanol–water partition coefficient (Wildman–Crippen LogP) is 6.11. The maximum absolute atomic E-state index is 11.8. The Labute approximate surface area is 131 Å². The first kappa shape index (κ1) is 17.9. The Balaban J connectivity index is 1.90. The van der Waals surface area contributed by atoms with E-state index in [1.807, 2.05) is 6.07 Å². The molecule has 0 N–H and O–H groups in total. The highest BCUT2D eigenvalue weighted by Crippen LogP contribution is 2.11. The normalized spacial score (nSPS) is 10.7. The highest BCUT2D eigenvalue weighted by molar-refractivity contribution is 5.78. The average molecular weight is 288 g/mol. The molecule has 1 aromatic carbocycles. The van der Waals surface area contributed by atoms with Crippen molar-refractivity contribution in [1.82, 2.24) is 0 Å². The fourth-order valence-electron chi connectivity index (χ4n) is 2.72. The number of ketones is 1. The number of unbranched alkanes of at least 4 members (excludes halogenated alkanes) is 7. The first-order chi connectivity index (χ1) is 10.3. The van der Waals surface area contributed by atoms with Crippen molar-refractivity contribution in [2.24, 2.45) is 0 Å². The van der Waals surface area contributed by atoms with Crippen molar-refractivity contribution in [2.75, 3.05) is 0 Å². The molecule has 0 amide bonds. The van der Waals surface area contributed by atoms with Crippen LogP contribution in [-0.2, 0) is 11.2 Å². The van der Waals surface area contributed by atoms with Crippen LogP contribution in [0.1, 0.15) is 83.1 Å². The molecule has 0 saturated carbocycles. The molecule has 21 heavy (non-hydrogen) atoms. The Kier molecular flexibility index (Phi) is 10.8. The molecule has 0 atom stereocenters. The van der Waals surface area contributed by atoms with Crippen LogP contribution in [0.3, 0.4) is 0 Å².